The van der Waals surface area contributed by atoms with Gasteiger partial charge >= 0.3 is 6.18 Å². The van der Waals surface area contributed by atoms with E-state index in [2.05, 4.69) is 20.8 Å². The number of carbonyl (C=O) groups excluding carboxylic acids is 1. The van der Waals surface area contributed by atoms with E-state index < -0.39 is 17.3 Å². The number of aromatic amines is 1. The topological polar surface area (TPSA) is 117 Å². The van der Waals surface area contributed by atoms with Gasteiger partial charge in [0.1, 0.15) is 11.8 Å². The zero-order chi connectivity index (χ0) is 21.0. The molecule has 10 heteroatoms. The lowest BCUT2D eigenvalue weighted by molar-refractivity contribution is -0.137. The Balaban J connectivity index is 1.57. The third-order valence-corrected chi connectivity index (χ3v) is 4.87. The quantitative estimate of drug-likeness (QED) is 0.725. The van der Waals surface area contributed by atoms with Crippen LogP contribution >= 0.6 is 0 Å². The number of anilines is 1. The number of halogens is 3. The number of benzene rings is 1. The molecule has 150 valence electrons. The van der Waals surface area contributed by atoms with E-state index >= 15 is 0 Å². The molecule has 0 aliphatic heterocycles. The van der Waals surface area contributed by atoms with Gasteiger partial charge in [-0.3, -0.25) is 9.89 Å². The minimum atomic E-state index is -4.60. The van der Waals surface area contributed by atoms with Crippen LogP contribution in [0.15, 0.2) is 24.4 Å². The second-order valence-corrected chi connectivity index (χ2v) is 6.81. The van der Waals surface area contributed by atoms with E-state index in [0.717, 1.165) is 12.1 Å². The van der Waals surface area contributed by atoms with Crippen molar-refractivity contribution in [1.82, 2.24) is 15.5 Å². The van der Waals surface area contributed by atoms with Crippen LogP contribution in [0.2, 0.25) is 0 Å². The molecule has 1 aliphatic carbocycles. The fraction of sp³-hybridized carbons (Fsp3) is 0.368. The summed E-state index contributed by atoms with van der Waals surface area (Å²) >= 11 is 0. The minimum absolute atomic E-state index is 0.0410. The van der Waals surface area contributed by atoms with Gasteiger partial charge in [0.25, 0.3) is 5.91 Å². The third kappa shape index (κ3) is 4.66. The molecule has 0 saturated heterocycles. The first kappa shape index (κ1) is 20.2. The van der Waals surface area contributed by atoms with E-state index in [4.69, 9.17) is 10.5 Å². The van der Waals surface area contributed by atoms with Crippen molar-refractivity contribution in [2.75, 3.05) is 5.32 Å². The van der Waals surface area contributed by atoms with Gasteiger partial charge in [-0.05, 0) is 43.9 Å². The predicted molar refractivity (Wildman–Crippen MR) is 96.6 cm³/mol. The van der Waals surface area contributed by atoms with Crippen LogP contribution in [0.5, 0.6) is 0 Å². The molecule has 1 aliphatic rings. The maximum atomic E-state index is 13.1. The molecule has 0 radical (unpaired) electrons. The number of aromatic nitrogens is 2. The lowest BCUT2D eigenvalue weighted by Crippen LogP contribution is -2.40. The summed E-state index contributed by atoms with van der Waals surface area (Å²) < 4.78 is 39.3. The smallest absolute Gasteiger partial charge is 0.382 e. The van der Waals surface area contributed by atoms with Crippen LogP contribution in [0.25, 0.3) is 0 Å². The van der Waals surface area contributed by atoms with Gasteiger partial charge < -0.3 is 10.6 Å². The van der Waals surface area contributed by atoms with Crippen LogP contribution in [-0.4, -0.2) is 28.2 Å². The van der Waals surface area contributed by atoms with E-state index in [-0.39, 0.29) is 29.2 Å². The normalized spacial score (nSPS) is 19.1. The second-order valence-electron chi connectivity index (χ2n) is 6.81. The standard InChI is InChI=1S/C19H17F3N6O/c20-19(21,22)16-7-14(2-1-11(16)8-23)26-12-3-5-13(6-4-12)27-18(29)15-10-25-28-17(15)9-24/h1-2,7,10,12-13,26H,3-6H2,(H,25,28)(H,27,29). The summed E-state index contributed by atoms with van der Waals surface area (Å²) in [5, 5.41) is 29.9. The Bertz CT molecular complexity index is 977. The first-order valence-corrected chi connectivity index (χ1v) is 8.94. The summed E-state index contributed by atoms with van der Waals surface area (Å²) in [5.41, 5.74) is -0.783. The number of amides is 1. The maximum absolute atomic E-state index is 13.1. The predicted octanol–water partition coefficient (Wildman–Crippen LogP) is 3.32. The van der Waals surface area contributed by atoms with E-state index in [0.29, 0.717) is 31.4 Å². The van der Waals surface area contributed by atoms with Crippen molar-refractivity contribution < 1.29 is 18.0 Å². The van der Waals surface area contributed by atoms with Crippen molar-refractivity contribution in [1.29, 1.82) is 10.5 Å². The Morgan fingerprint density at radius 2 is 1.83 bits per heavy atom. The summed E-state index contributed by atoms with van der Waals surface area (Å²) in [6, 6.07) is 6.87. The fourth-order valence-corrected chi connectivity index (χ4v) is 3.39. The summed E-state index contributed by atoms with van der Waals surface area (Å²) in [5.74, 6) is -0.381. The zero-order valence-corrected chi connectivity index (χ0v) is 15.2. The number of carbonyl (C=O) groups is 1. The summed E-state index contributed by atoms with van der Waals surface area (Å²) in [7, 11) is 0. The molecule has 0 unspecified atom stereocenters. The molecule has 1 aromatic carbocycles. The molecule has 1 fully saturated rings. The van der Waals surface area contributed by atoms with Crippen molar-refractivity contribution >= 4 is 11.6 Å². The summed E-state index contributed by atoms with van der Waals surface area (Å²) in [6.45, 7) is 0. The van der Waals surface area contributed by atoms with E-state index in [1.807, 2.05) is 6.07 Å². The van der Waals surface area contributed by atoms with E-state index in [9.17, 15) is 18.0 Å². The highest BCUT2D eigenvalue weighted by Gasteiger charge is 2.34. The molecule has 1 amide bonds. The van der Waals surface area contributed by atoms with Gasteiger partial charge in [-0.25, -0.2) is 0 Å². The maximum Gasteiger partial charge on any atom is 0.417 e. The fourth-order valence-electron chi connectivity index (χ4n) is 3.39. The monoisotopic (exact) mass is 402 g/mol. The van der Waals surface area contributed by atoms with Crippen LogP contribution in [-0.2, 0) is 6.18 Å². The highest BCUT2D eigenvalue weighted by molar-refractivity contribution is 5.96. The van der Waals surface area contributed by atoms with Crippen LogP contribution in [0.1, 0.15) is 52.9 Å². The SMILES string of the molecule is N#Cc1ccc(NC2CCC(NC(=O)c3cn[nH]c3C#N)CC2)cc1C(F)(F)F. The van der Waals surface area contributed by atoms with Crippen LogP contribution in [0, 0.1) is 22.7 Å². The van der Waals surface area contributed by atoms with Gasteiger partial charge in [-0.15, -0.1) is 0 Å². The van der Waals surface area contributed by atoms with Crippen molar-refractivity contribution in [2.45, 2.75) is 43.9 Å². The average molecular weight is 402 g/mol. The number of nitrogens with one attached hydrogen (secondary N) is 3. The molecule has 7 nitrogen and oxygen atoms in total. The van der Waals surface area contributed by atoms with Gasteiger partial charge in [0.05, 0.1) is 29.0 Å². The van der Waals surface area contributed by atoms with Gasteiger partial charge in [-0.1, -0.05) is 0 Å². The summed E-state index contributed by atoms with van der Waals surface area (Å²) in [6.07, 6.45) is -0.701. The minimum Gasteiger partial charge on any atom is -0.382 e. The highest BCUT2D eigenvalue weighted by atomic mass is 19.4. The Morgan fingerprint density at radius 3 is 2.45 bits per heavy atom. The lowest BCUT2D eigenvalue weighted by Gasteiger charge is -2.30. The Kier molecular flexibility index (Phi) is 5.74. The first-order valence-electron chi connectivity index (χ1n) is 8.94. The van der Waals surface area contributed by atoms with Crippen molar-refractivity contribution in [2.24, 2.45) is 0 Å². The third-order valence-electron chi connectivity index (χ3n) is 4.87. The second kappa shape index (κ2) is 8.23. The Labute approximate surface area is 164 Å². The first-order chi connectivity index (χ1) is 13.8. The van der Waals surface area contributed by atoms with Gasteiger partial charge in [0.15, 0.2) is 0 Å². The van der Waals surface area contributed by atoms with Gasteiger partial charge in [0.2, 0.25) is 0 Å². The molecule has 2 aromatic rings. The molecular formula is C19H17F3N6O. The zero-order valence-electron chi connectivity index (χ0n) is 15.2. The molecule has 3 N–H and O–H groups in total. The molecule has 1 heterocycles. The van der Waals surface area contributed by atoms with E-state index in [1.54, 1.807) is 6.07 Å². The molecule has 1 saturated carbocycles. The number of rotatable bonds is 4. The molecule has 3 rings (SSSR count). The number of nitrogens with zero attached hydrogens (tertiary/aromatic N) is 3. The summed E-state index contributed by atoms with van der Waals surface area (Å²) in [4.78, 5) is 12.2. The molecule has 0 bridgehead atoms. The molecule has 0 atom stereocenters. The van der Waals surface area contributed by atoms with Crippen molar-refractivity contribution in [3.63, 3.8) is 0 Å². The molecular weight excluding hydrogens is 385 g/mol. The number of H-pyrrole nitrogens is 1. The molecule has 29 heavy (non-hydrogen) atoms. The number of nitriles is 2. The lowest BCUT2D eigenvalue weighted by atomic mass is 9.90. The van der Waals surface area contributed by atoms with Crippen LogP contribution in [0.3, 0.4) is 0 Å². The Morgan fingerprint density at radius 1 is 1.14 bits per heavy atom. The Hall–Kier alpha value is -3.53. The highest BCUT2D eigenvalue weighted by Crippen LogP contribution is 2.34. The molecule has 0 spiro atoms. The average Bonchev–Trinajstić information content (AvgIpc) is 3.18. The number of hydrogen-bond donors (Lipinski definition) is 3. The van der Waals surface area contributed by atoms with E-state index in [1.165, 1.54) is 12.3 Å². The van der Waals surface area contributed by atoms with Crippen LogP contribution in [0.4, 0.5) is 18.9 Å². The van der Waals surface area contributed by atoms with Gasteiger partial charge in [-0.2, -0.15) is 28.8 Å². The van der Waals surface area contributed by atoms with Crippen LogP contribution < -0.4 is 10.6 Å². The van der Waals surface area contributed by atoms with Crippen molar-refractivity contribution in [3.05, 3.63) is 46.8 Å². The largest absolute Gasteiger partial charge is 0.417 e. The number of alkyl halides is 3. The van der Waals surface area contributed by atoms with Crippen molar-refractivity contribution in [3.8, 4) is 12.1 Å². The number of hydrogen-bond acceptors (Lipinski definition) is 5. The molecule has 1 aromatic heterocycles. The van der Waals surface area contributed by atoms with Gasteiger partial charge in [0, 0.05) is 17.8 Å².